The lowest BCUT2D eigenvalue weighted by Crippen LogP contribution is -2.10. The number of nitrogens with zero attached hydrogens (tertiary/aromatic N) is 2. The summed E-state index contributed by atoms with van der Waals surface area (Å²) in [5, 5.41) is 10.2. The molecule has 0 unspecified atom stereocenters. The highest BCUT2D eigenvalue weighted by atomic mass is 32.1. The number of rotatable bonds is 4. The Morgan fingerprint density at radius 2 is 0.960 bits per heavy atom. The van der Waals surface area contributed by atoms with Crippen LogP contribution in [0.5, 0.6) is 0 Å². The molecule has 3 aromatic heterocycles. The van der Waals surface area contributed by atoms with Crippen molar-refractivity contribution in [2.75, 3.05) is 4.90 Å². The van der Waals surface area contributed by atoms with Gasteiger partial charge in [-0.3, -0.25) is 0 Å². The maximum atomic E-state index is 2.47. The third kappa shape index (κ3) is 4.13. The Labute approximate surface area is 296 Å². The van der Waals surface area contributed by atoms with Crippen molar-refractivity contribution >= 4 is 113 Å². The van der Waals surface area contributed by atoms with Crippen molar-refractivity contribution in [1.82, 2.24) is 4.57 Å². The Bertz CT molecular complexity index is 3110. The van der Waals surface area contributed by atoms with Gasteiger partial charge in [-0.05, 0) is 90.3 Å². The molecule has 234 valence electrons. The molecule has 11 rings (SSSR count). The van der Waals surface area contributed by atoms with E-state index >= 15 is 0 Å². The fourth-order valence-electron chi connectivity index (χ4n) is 7.91. The minimum atomic E-state index is 1.14. The van der Waals surface area contributed by atoms with Gasteiger partial charge < -0.3 is 9.47 Å². The predicted molar refractivity (Wildman–Crippen MR) is 219 cm³/mol. The van der Waals surface area contributed by atoms with Gasteiger partial charge in [-0.15, -0.1) is 22.7 Å². The Kier molecular flexibility index (Phi) is 6.03. The lowest BCUT2D eigenvalue weighted by molar-refractivity contribution is 1.18. The molecule has 2 nitrogen and oxygen atoms in total. The molecule has 0 N–H and O–H groups in total. The molecule has 4 heteroatoms. The molecule has 0 radical (unpaired) electrons. The fourth-order valence-corrected chi connectivity index (χ4v) is 10.1. The lowest BCUT2D eigenvalue weighted by atomic mass is 10.0. The average molecular weight is 673 g/mol. The van der Waals surface area contributed by atoms with Crippen LogP contribution in [0.25, 0.3) is 78.6 Å². The minimum Gasteiger partial charge on any atom is -0.310 e. The van der Waals surface area contributed by atoms with E-state index in [1.807, 2.05) is 22.7 Å². The highest BCUT2D eigenvalue weighted by Gasteiger charge is 2.20. The zero-order valence-corrected chi connectivity index (χ0v) is 28.5. The molecule has 0 saturated carbocycles. The first-order valence-corrected chi connectivity index (χ1v) is 18.6. The van der Waals surface area contributed by atoms with Crippen LogP contribution < -0.4 is 4.90 Å². The second-order valence-electron chi connectivity index (χ2n) is 12.9. The van der Waals surface area contributed by atoms with Gasteiger partial charge in [0.25, 0.3) is 0 Å². The Morgan fingerprint density at radius 3 is 1.76 bits per heavy atom. The predicted octanol–water partition coefficient (Wildman–Crippen LogP) is 14.1. The maximum absolute atomic E-state index is 2.47. The van der Waals surface area contributed by atoms with E-state index < -0.39 is 0 Å². The van der Waals surface area contributed by atoms with Crippen LogP contribution in [0.3, 0.4) is 0 Å². The van der Waals surface area contributed by atoms with Crippen LogP contribution in [0.1, 0.15) is 0 Å². The summed E-state index contributed by atoms with van der Waals surface area (Å²) in [5.74, 6) is 0. The third-order valence-corrected chi connectivity index (χ3v) is 12.4. The molecule has 0 saturated heterocycles. The second-order valence-corrected chi connectivity index (χ2v) is 15.1. The first kappa shape index (κ1) is 28.0. The summed E-state index contributed by atoms with van der Waals surface area (Å²) in [5.41, 5.74) is 7.03. The largest absolute Gasteiger partial charge is 0.310 e. The van der Waals surface area contributed by atoms with Crippen LogP contribution in [0, 0.1) is 0 Å². The van der Waals surface area contributed by atoms with Crippen molar-refractivity contribution in [3.8, 4) is 5.69 Å². The minimum absolute atomic E-state index is 1.14. The third-order valence-electron chi connectivity index (χ3n) is 10.1. The molecule has 0 bridgehead atoms. The molecular formula is C46H28N2S2. The van der Waals surface area contributed by atoms with Crippen LogP contribution in [0.2, 0.25) is 0 Å². The highest BCUT2D eigenvalue weighted by molar-refractivity contribution is 7.26. The van der Waals surface area contributed by atoms with Gasteiger partial charge in [0.05, 0.1) is 16.7 Å². The van der Waals surface area contributed by atoms with E-state index in [9.17, 15) is 0 Å². The molecule has 0 aliphatic carbocycles. The maximum Gasteiger partial charge on any atom is 0.0542 e. The van der Waals surface area contributed by atoms with Crippen molar-refractivity contribution in [2.45, 2.75) is 0 Å². The molecule has 50 heavy (non-hydrogen) atoms. The van der Waals surface area contributed by atoms with Crippen molar-refractivity contribution in [2.24, 2.45) is 0 Å². The monoisotopic (exact) mass is 672 g/mol. The molecule has 0 spiro atoms. The molecule has 0 amide bonds. The summed E-state index contributed by atoms with van der Waals surface area (Å²) in [6, 6.07) is 62.6. The molecule has 8 aromatic carbocycles. The van der Waals surface area contributed by atoms with Crippen molar-refractivity contribution < 1.29 is 0 Å². The molecule has 0 fully saturated rings. The molecule has 11 aromatic rings. The summed E-state index contributed by atoms with van der Waals surface area (Å²) in [6.45, 7) is 0. The quantitative estimate of drug-likeness (QED) is 0.181. The summed E-state index contributed by atoms with van der Waals surface area (Å²) in [7, 11) is 0. The standard InChI is InChI=1S/C46H28N2S2/c1-2-12-30(13-3-1)48-40-17-7-4-14-33(40)37-26-31(21-23-42(37)48)47(32-22-24-45-39(27-32)35-16-6-8-19-43(35)49-45)41-18-10-11-29-25-38-34-15-5-9-20-44(34)50-46(38)28-36(29)41/h1-28H. The van der Waals surface area contributed by atoms with Gasteiger partial charge in [0.2, 0.25) is 0 Å². The normalized spacial score (nSPS) is 12.0. The molecule has 0 atom stereocenters. The summed E-state index contributed by atoms with van der Waals surface area (Å²) >= 11 is 3.74. The first-order valence-electron chi connectivity index (χ1n) is 16.9. The van der Waals surface area contributed by atoms with Crippen LogP contribution >= 0.6 is 22.7 Å². The van der Waals surface area contributed by atoms with Gasteiger partial charge in [-0.25, -0.2) is 0 Å². The van der Waals surface area contributed by atoms with E-state index in [2.05, 4.69) is 179 Å². The van der Waals surface area contributed by atoms with Gasteiger partial charge >= 0.3 is 0 Å². The summed E-state index contributed by atoms with van der Waals surface area (Å²) in [4.78, 5) is 2.47. The highest BCUT2D eigenvalue weighted by Crippen LogP contribution is 2.46. The second kappa shape index (κ2) is 10.8. The van der Waals surface area contributed by atoms with Gasteiger partial charge in [0.15, 0.2) is 0 Å². The lowest BCUT2D eigenvalue weighted by Gasteiger charge is -2.27. The van der Waals surface area contributed by atoms with Gasteiger partial charge in [-0.1, -0.05) is 84.9 Å². The fraction of sp³-hybridized carbons (Fsp3) is 0. The number of anilines is 3. The van der Waals surface area contributed by atoms with Crippen molar-refractivity contribution in [1.29, 1.82) is 0 Å². The smallest absolute Gasteiger partial charge is 0.0542 e. The summed E-state index contributed by atoms with van der Waals surface area (Å²) in [6.07, 6.45) is 0. The number of benzene rings is 8. The SMILES string of the molecule is c1ccc(-n2c3ccccc3c3cc(N(c4ccc5sc6ccccc6c5c4)c4cccc5cc6c(cc45)sc4ccccc46)ccc32)cc1. The number of fused-ring (bicyclic) bond motifs is 10. The number of hydrogen-bond acceptors (Lipinski definition) is 3. The molecule has 0 aliphatic heterocycles. The molecular weight excluding hydrogens is 645 g/mol. The average Bonchev–Trinajstić information content (AvgIpc) is 3.83. The van der Waals surface area contributed by atoms with E-state index in [4.69, 9.17) is 0 Å². The van der Waals surface area contributed by atoms with Gasteiger partial charge in [0, 0.05) is 73.6 Å². The van der Waals surface area contributed by atoms with Crippen LogP contribution in [0.4, 0.5) is 17.1 Å². The Hall–Kier alpha value is -5.94. The Morgan fingerprint density at radius 1 is 0.360 bits per heavy atom. The zero-order chi connectivity index (χ0) is 32.8. The number of aromatic nitrogens is 1. The number of thiophene rings is 2. The first-order chi connectivity index (χ1) is 24.8. The van der Waals surface area contributed by atoms with Crippen LogP contribution in [0.15, 0.2) is 170 Å². The van der Waals surface area contributed by atoms with Gasteiger partial charge in [-0.2, -0.15) is 0 Å². The van der Waals surface area contributed by atoms with Crippen LogP contribution in [-0.2, 0) is 0 Å². The van der Waals surface area contributed by atoms with E-state index in [0.717, 1.165) is 11.4 Å². The topological polar surface area (TPSA) is 8.17 Å². The molecule has 3 heterocycles. The van der Waals surface area contributed by atoms with Gasteiger partial charge in [0.1, 0.15) is 0 Å². The zero-order valence-electron chi connectivity index (χ0n) is 26.9. The number of para-hydroxylation sites is 2. The van der Waals surface area contributed by atoms with E-state index in [1.165, 1.54) is 84.3 Å². The van der Waals surface area contributed by atoms with Crippen LogP contribution in [-0.4, -0.2) is 4.57 Å². The Balaban J connectivity index is 1.21. The van der Waals surface area contributed by atoms with E-state index in [1.54, 1.807) is 0 Å². The number of hydrogen-bond donors (Lipinski definition) is 0. The van der Waals surface area contributed by atoms with Crippen molar-refractivity contribution in [3.05, 3.63) is 170 Å². The van der Waals surface area contributed by atoms with Crippen molar-refractivity contribution in [3.63, 3.8) is 0 Å². The molecule has 0 aliphatic rings. The summed E-state index contributed by atoms with van der Waals surface area (Å²) < 4.78 is 7.65. The van der Waals surface area contributed by atoms with E-state index in [0.29, 0.717) is 0 Å². The van der Waals surface area contributed by atoms with E-state index in [-0.39, 0.29) is 0 Å².